The lowest BCUT2D eigenvalue weighted by Gasteiger charge is -2.35. The summed E-state index contributed by atoms with van der Waals surface area (Å²) in [6, 6.07) is 8.34. The predicted molar refractivity (Wildman–Crippen MR) is 106 cm³/mol. The number of benzene rings is 1. The molecule has 0 spiro atoms. The summed E-state index contributed by atoms with van der Waals surface area (Å²) in [7, 11) is 1.93. The van der Waals surface area contributed by atoms with Crippen LogP contribution in [0.2, 0.25) is 0 Å². The highest BCUT2D eigenvalue weighted by molar-refractivity contribution is 5.89. The molecule has 1 saturated heterocycles. The molecule has 0 aliphatic carbocycles. The van der Waals surface area contributed by atoms with Crippen LogP contribution in [0, 0.1) is 18.8 Å². The molecule has 6 heteroatoms. The molecule has 0 radical (unpaired) electrons. The average molecular weight is 350 g/mol. The van der Waals surface area contributed by atoms with Crippen LogP contribution in [0.4, 0.5) is 17.5 Å². The van der Waals surface area contributed by atoms with E-state index in [0.29, 0.717) is 11.8 Å². The first-order chi connectivity index (χ1) is 12.5. The fraction of sp³-hybridized carbons (Fsp3) is 0.450. The Kier molecular flexibility index (Phi) is 4.26. The topological polar surface area (TPSA) is 58.9 Å². The zero-order valence-electron chi connectivity index (χ0n) is 15.9. The number of rotatable bonds is 3. The van der Waals surface area contributed by atoms with Crippen molar-refractivity contribution in [3.8, 4) is 0 Å². The van der Waals surface area contributed by atoms with E-state index in [-0.39, 0.29) is 0 Å². The third-order valence-corrected chi connectivity index (χ3v) is 5.05. The molecule has 3 aromatic rings. The zero-order valence-corrected chi connectivity index (χ0v) is 15.9. The van der Waals surface area contributed by atoms with Gasteiger partial charge in [-0.15, -0.1) is 0 Å². The van der Waals surface area contributed by atoms with Crippen molar-refractivity contribution in [1.29, 1.82) is 0 Å². The highest BCUT2D eigenvalue weighted by Crippen LogP contribution is 2.29. The third kappa shape index (κ3) is 3.23. The van der Waals surface area contributed by atoms with Crippen molar-refractivity contribution in [2.24, 2.45) is 18.9 Å². The van der Waals surface area contributed by atoms with E-state index in [9.17, 15) is 0 Å². The Balaban J connectivity index is 1.75. The normalized spacial score (nSPS) is 20.5. The van der Waals surface area contributed by atoms with Crippen molar-refractivity contribution in [1.82, 2.24) is 19.7 Å². The Labute approximate surface area is 154 Å². The number of anilines is 3. The maximum Gasteiger partial charge on any atom is 0.229 e. The smallest absolute Gasteiger partial charge is 0.229 e. The van der Waals surface area contributed by atoms with Crippen molar-refractivity contribution in [3.63, 3.8) is 0 Å². The summed E-state index contributed by atoms with van der Waals surface area (Å²) in [4.78, 5) is 12.0. The first kappa shape index (κ1) is 16.8. The maximum atomic E-state index is 4.87. The van der Waals surface area contributed by atoms with Gasteiger partial charge in [0.25, 0.3) is 0 Å². The average Bonchev–Trinajstić information content (AvgIpc) is 2.97. The molecule has 4 rings (SSSR count). The Morgan fingerprint density at radius 1 is 1.04 bits per heavy atom. The van der Waals surface area contributed by atoms with Crippen molar-refractivity contribution in [2.75, 3.05) is 23.3 Å². The Bertz CT molecular complexity index is 904. The van der Waals surface area contributed by atoms with Crippen molar-refractivity contribution in [2.45, 2.75) is 27.2 Å². The van der Waals surface area contributed by atoms with Crippen LogP contribution >= 0.6 is 0 Å². The minimum atomic E-state index is 0.651. The molecule has 136 valence electrons. The van der Waals surface area contributed by atoms with E-state index in [2.05, 4.69) is 60.4 Å². The van der Waals surface area contributed by atoms with E-state index >= 15 is 0 Å². The highest BCUT2D eigenvalue weighted by atomic mass is 15.3. The van der Waals surface area contributed by atoms with Gasteiger partial charge in [-0.3, -0.25) is 4.68 Å². The lowest BCUT2D eigenvalue weighted by Crippen LogP contribution is -2.39. The lowest BCUT2D eigenvalue weighted by atomic mass is 9.92. The highest BCUT2D eigenvalue weighted by Gasteiger charge is 2.25. The van der Waals surface area contributed by atoms with Gasteiger partial charge in [-0.05, 0) is 37.3 Å². The summed E-state index contributed by atoms with van der Waals surface area (Å²) in [5, 5.41) is 8.78. The molecule has 1 aromatic carbocycles. The second-order valence-electron chi connectivity index (χ2n) is 7.72. The van der Waals surface area contributed by atoms with Gasteiger partial charge in [-0.1, -0.05) is 31.5 Å². The van der Waals surface area contributed by atoms with Gasteiger partial charge in [0.15, 0.2) is 5.65 Å². The molecule has 3 heterocycles. The number of aryl methyl sites for hydroxylation is 2. The number of hydrogen-bond acceptors (Lipinski definition) is 5. The van der Waals surface area contributed by atoms with Gasteiger partial charge >= 0.3 is 0 Å². The van der Waals surface area contributed by atoms with Gasteiger partial charge in [-0.25, -0.2) is 0 Å². The number of nitrogens with one attached hydrogen (secondary N) is 1. The van der Waals surface area contributed by atoms with E-state index in [4.69, 9.17) is 9.97 Å². The second kappa shape index (κ2) is 6.59. The number of nitrogens with zero attached hydrogens (tertiary/aromatic N) is 5. The summed E-state index contributed by atoms with van der Waals surface area (Å²) < 4.78 is 1.82. The monoisotopic (exact) mass is 350 g/mol. The second-order valence-corrected chi connectivity index (χ2v) is 7.72. The molecule has 6 nitrogen and oxygen atoms in total. The summed E-state index contributed by atoms with van der Waals surface area (Å²) in [6.45, 7) is 8.69. The van der Waals surface area contributed by atoms with E-state index in [1.54, 1.807) is 0 Å². The standard InChI is InChI=1S/C20H26N6/c1-13-5-7-16(8-6-13)22-18-17-10-21-25(4)19(17)24-20(23-18)26-11-14(2)9-15(3)12-26/h5-8,10,14-15H,9,11-12H2,1-4H3,(H,22,23,24)/t14-,15-/m0/s1. The quantitative estimate of drug-likeness (QED) is 0.776. The number of fused-ring (bicyclic) bond motifs is 1. The maximum absolute atomic E-state index is 4.87. The number of hydrogen-bond donors (Lipinski definition) is 1. The minimum Gasteiger partial charge on any atom is -0.340 e. The van der Waals surface area contributed by atoms with Gasteiger partial charge in [0, 0.05) is 25.8 Å². The fourth-order valence-corrected chi connectivity index (χ4v) is 3.85. The van der Waals surface area contributed by atoms with Crippen molar-refractivity contribution >= 4 is 28.5 Å². The molecule has 0 amide bonds. The van der Waals surface area contributed by atoms with Gasteiger partial charge in [0.05, 0.1) is 11.6 Å². The molecule has 0 saturated carbocycles. The summed E-state index contributed by atoms with van der Waals surface area (Å²) >= 11 is 0. The van der Waals surface area contributed by atoms with Gasteiger partial charge in [0.1, 0.15) is 5.82 Å². The Hall–Kier alpha value is -2.63. The molecular formula is C20H26N6. The summed E-state index contributed by atoms with van der Waals surface area (Å²) in [5.41, 5.74) is 3.11. The molecule has 26 heavy (non-hydrogen) atoms. The van der Waals surface area contributed by atoms with E-state index in [0.717, 1.165) is 41.6 Å². The third-order valence-electron chi connectivity index (χ3n) is 5.05. The minimum absolute atomic E-state index is 0.651. The first-order valence-electron chi connectivity index (χ1n) is 9.28. The van der Waals surface area contributed by atoms with Crippen LogP contribution in [0.1, 0.15) is 25.8 Å². The van der Waals surface area contributed by atoms with Crippen LogP contribution in [-0.2, 0) is 7.05 Å². The van der Waals surface area contributed by atoms with Crippen LogP contribution in [0.15, 0.2) is 30.5 Å². The number of aromatic nitrogens is 4. The van der Waals surface area contributed by atoms with Crippen LogP contribution in [0.5, 0.6) is 0 Å². The largest absolute Gasteiger partial charge is 0.340 e. The fourth-order valence-electron chi connectivity index (χ4n) is 3.85. The molecule has 1 aliphatic rings. The molecule has 1 aliphatic heterocycles. The SMILES string of the molecule is Cc1ccc(Nc2nc(N3C[C@@H](C)C[C@H](C)C3)nc3c2cnn3C)cc1. The van der Waals surface area contributed by atoms with Gasteiger partial charge in [-0.2, -0.15) is 15.1 Å². The molecule has 0 bridgehead atoms. The predicted octanol–water partition coefficient (Wildman–Crippen LogP) is 3.90. The Morgan fingerprint density at radius 2 is 1.73 bits per heavy atom. The van der Waals surface area contributed by atoms with Crippen molar-refractivity contribution < 1.29 is 0 Å². The van der Waals surface area contributed by atoms with Crippen LogP contribution in [0.25, 0.3) is 11.0 Å². The molecule has 0 unspecified atom stereocenters. The molecule has 2 aromatic heterocycles. The molecule has 1 N–H and O–H groups in total. The van der Waals surface area contributed by atoms with Gasteiger partial charge < -0.3 is 10.2 Å². The van der Waals surface area contributed by atoms with E-state index in [1.165, 1.54) is 12.0 Å². The molecule has 1 fully saturated rings. The first-order valence-corrected chi connectivity index (χ1v) is 9.28. The summed E-state index contributed by atoms with van der Waals surface area (Å²) in [6.07, 6.45) is 3.09. The van der Waals surface area contributed by atoms with Crippen LogP contribution < -0.4 is 10.2 Å². The van der Waals surface area contributed by atoms with Crippen LogP contribution in [0.3, 0.4) is 0 Å². The zero-order chi connectivity index (χ0) is 18.3. The summed E-state index contributed by atoms with van der Waals surface area (Å²) in [5.74, 6) is 2.90. The van der Waals surface area contributed by atoms with Gasteiger partial charge in [0.2, 0.25) is 5.95 Å². The lowest BCUT2D eigenvalue weighted by molar-refractivity contribution is 0.354. The molecular weight excluding hydrogens is 324 g/mol. The molecule has 2 atom stereocenters. The van der Waals surface area contributed by atoms with Crippen molar-refractivity contribution in [3.05, 3.63) is 36.0 Å². The Morgan fingerprint density at radius 3 is 2.42 bits per heavy atom. The van der Waals surface area contributed by atoms with Crippen LogP contribution in [-0.4, -0.2) is 32.8 Å². The van der Waals surface area contributed by atoms with E-state index in [1.807, 2.05) is 17.9 Å². The van der Waals surface area contributed by atoms with E-state index < -0.39 is 0 Å². The number of piperidine rings is 1.